The number of anilines is 1. The average molecular weight is 261 g/mol. The first-order chi connectivity index (χ1) is 9.04. The van der Waals surface area contributed by atoms with E-state index >= 15 is 0 Å². The van der Waals surface area contributed by atoms with Gasteiger partial charge in [0.15, 0.2) is 0 Å². The molecule has 1 atom stereocenters. The molecule has 1 aromatic carbocycles. The lowest BCUT2D eigenvalue weighted by Crippen LogP contribution is -2.10. The zero-order valence-electron chi connectivity index (χ0n) is 11.7. The van der Waals surface area contributed by atoms with Gasteiger partial charge in [0.1, 0.15) is 6.10 Å². The van der Waals surface area contributed by atoms with Crippen LogP contribution >= 0.6 is 0 Å². The monoisotopic (exact) mass is 261 g/mol. The summed E-state index contributed by atoms with van der Waals surface area (Å²) in [6.07, 6.45) is -0.177. The van der Waals surface area contributed by atoms with Crippen LogP contribution in [0.4, 0.5) is 5.69 Å². The molecule has 2 N–H and O–H groups in total. The van der Waals surface area contributed by atoms with E-state index in [4.69, 9.17) is 15.0 Å². The zero-order valence-corrected chi connectivity index (χ0v) is 11.7. The van der Waals surface area contributed by atoms with Crippen molar-refractivity contribution in [3.8, 4) is 11.5 Å². The van der Waals surface area contributed by atoms with Crippen molar-refractivity contribution in [1.82, 2.24) is 10.1 Å². The Morgan fingerprint density at radius 2 is 2.05 bits per heavy atom. The molecule has 2 aromatic rings. The van der Waals surface area contributed by atoms with Crippen molar-refractivity contribution in [2.45, 2.75) is 26.9 Å². The Kier molecular flexibility index (Phi) is 3.85. The first-order valence-electron chi connectivity index (χ1n) is 6.26. The third kappa shape index (κ3) is 2.61. The van der Waals surface area contributed by atoms with Crippen LogP contribution in [-0.4, -0.2) is 17.3 Å². The number of rotatable bonds is 4. The average Bonchev–Trinajstić information content (AvgIpc) is 2.82. The van der Waals surface area contributed by atoms with Crippen molar-refractivity contribution in [2.24, 2.45) is 5.92 Å². The van der Waals surface area contributed by atoms with Gasteiger partial charge in [0, 0.05) is 12.8 Å². The molecule has 0 fully saturated rings. The molecule has 5 heteroatoms. The Bertz CT molecular complexity index is 564. The molecule has 0 saturated carbocycles. The molecule has 19 heavy (non-hydrogen) atoms. The number of benzene rings is 1. The molecule has 0 aliphatic rings. The fourth-order valence-corrected chi connectivity index (χ4v) is 2.00. The zero-order chi connectivity index (χ0) is 14.0. The minimum absolute atomic E-state index is 0.177. The SMILES string of the molecule is COC(c1noc(-c2cccc(C)c2N)n1)C(C)C. The summed E-state index contributed by atoms with van der Waals surface area (Å²) in [6, 6.07) is 5.74. The summed E-state index contributed by atoms with van der Waals surface area (Å²) in [7, 11) is 1.64. The van der Waals surface area contributed by atoms with Gasteiger partial charge >= 0.3 is 0 Å². The van der Waals surface area contributed by atoms with Gasteiger partial charge in [-0.05, 0) is 24.5 Å². The molecule has 1 unspecified atom stereocenters. The summed E-state index contributed by atoms with van der Waals surface area (Å²) in [6.45, 7) is 6.04. The minimum atomic E-state index is -0.177. The third-order valence-electron chi connectivity index (χ3n) is 3.11. The largest absolute Gasteiger partial charge is 0.398 e. The molecule has 1 heterocycles. The van der Waals surface area contributed by atoms with Gasteiger partial charge in [-0.1, -0.05) is 31.1 Å². The van der Waals surface area contributed by atoms with Crippen LogP contribution < -0.4 is 5.73 Å². The summed E-state index contributed by atoms with van der Waals surface area (Å²) < 4.78 is 10.7. The molecule has 0 bridgehead atoms. The lowest BCUT2D eigenvalue weighted by Gasteiger charge is -2.14. The van der Waals surface area contributed by atoms with Crippen LogP contribution in [-0.2, 0) is 4.74 Å². The smallest absolute Gasteiger partial charge is 0.260 e. The van der Waals surface area contributed by atoms with Gasteiger partial charge in [-0.3, -0.25) is 0 Å². The molecular formula is C14H19N3O2. The maximum Gasteiger partial charge on any atom is 0.260 e. The molecule has 2 rings (SSSR count). The van der Waals surface area contributed by atoms with Crippen molar-refractivity contribution >= 4 is 5.69 Å². The van der Waals surface area contributed by atoms with Crippen LogP contribution in [0.3, 0.4) is 0 Å². The van der Waals surface area contributed by atoms with Crippen molar-refractivity contribution in [3.05, 3.63) is 29.6 Å². The first-order valence-corrected chi connectivity index (χ1v) is 6.26. The lowest BCUT2D eigenvalue weighted by molar-refractivity contribution is 0.0556. The molecule has 0 aliphatic heterocycles. The number of nitrogens with two attached hydrogens (primary N) is 1. The van der Waals surface area contributed by atoms with Gasteiger partial charge in [-0.25, -0.2) is 0 Å². The fraction of sp³-hybridized carbons (Fsp3) is 0.429. The van der Waals surface area contributed by atoms with E-state index < -0.39 is 0 Å². The molecule has 0 amide bonds. The first kappa shape index (κ1) is 13.5. The topological polar surface area (TPSA) is 74.2 Å². The van der Waals surface area contributed by atoms with Gasteiger partial charge in [0.2, 0.25) is 5.82 Å². The van der Waals surface area contributed by atoms with Crippen LogP contribution in [0, 0.1) is 12.8 Å². The Labute approximate surface area is 112 Å². The number of hydrogen-bond donors (Lipinski definition) is 1. The highest BCUT2D eigenvalue weighted by Crippen LogP contribution is 2.29. The molecular weight excluding hydrogens is 242 g/mol. The van der Waals surface area contributed by atoms with Crippen LogP contribution in [0.1, 0.15) is 31.3 Å². The summed E-state index contributed by atoms with van der Waals surface area (Å²) in [5.74, 6) is 1.25. The number of methoxy groups -OCH3 is 1. The fourth-order valence-electron chi connectivity index (χ4n) is 2.00. The number of nitrogen functional groups attached to an aromatic ring is 1. The van der Waals surface area contributed by atoms with Gasteiger partial charge in [0.25, 0.3) is 5.89 Å². The summed E-state index contributed by atoms with van der Waals surface area (Å²) in [4.78, 5) is 4.39. The highest BCUT2D eigenvalue weighted by Gasteiger charge is 2.22. The lowest BCUT2D eigenvalue weighted by atomic mass is 10.1. The highest BCUT2D eigenvalue weighted by atomic mass is 16.5. The number of aryl methyl sites for hydroxylation is 1. The second-order valence-electron chi connectivity index (χ2n) is 4.89. The van der Waals surface area contributed by atoms with Crippen LogP contribution in [0.2, 0.25) is 0 Å². The predicted molar refractivity (Wildman–Crippen MR) is 73.5 cm³/mol. The number of hydrogen-bond acceptors (Lipinski definition) is 5. The van der Waals surface area contributed by atoms with Crippen LogP contribution in [0.25, 0.3) is 11.5 Å². The summed E-state index contributed by atoms with van der Waals surface area (Å²) in [5.41, 5.74) is 8.45. The van der Waals surface area contributed by atoms with E-state index in [9.17, 15) is 0 Å². The molecule has 0 radical (unpaired) electrons. The Morgan fingerprint density at radius 3 is 2.68 bits per heavy atom. The minimum Gasteiger partial charge on any atom is -0.398 e. The molecule has 0 spiro atoms. The summed E-state index contributed by atoms with van der Waals surface area (Å²) in [5, 5.41) is 3.99. The van der Waals surface area contributed by atoms with Crippen molar-refractivity contribution in [1.29, 1.82) is 0 Å². The third-order valence-corrected chi connectivity index (χ3v) is 3.11. The quantitative estimate of drug-likeness (QED) is 0.856. The molecule has 5 nitrogen and oxygen atoms in total. The highest BCUT2D eigenvalue weighted by molar-refractivity contribution is 5.73. The van der Waals surface area contributed by atoms with E-state index in [0.717, 1.165) is 11.1 Å². The Hall–Kier alpha value is -1.88. The van der Waals surface area contributed by atoms with E-state index in [1.807, 2.05) is 39.0 Å². The second-order valence-corrected chi connectivity index (χ2v) is 4.89. The summed E-state index contributed by atoms with van der Waals surface area (Å²) >= 11 is 0. The van der Waals surface area contributed by atoms with E-state index in [2.05, 4.69) is 10.1 Å². The number of ether oxygens (including phenoxy) is 1. The van der Waals surface area contributed by atoms with Crippen molar-refractivity contribution in [3.63, 3.8) is 0 Å². The molecule has 0 saturated heterocycles. The maximum atomic E-state index is 6.03. The van der Waals surface area contributed by atoms with Crippen molar-refractivity contribution < 1.29 is 9.26 Å². The van der Waals surface area contributed by atoms with E-state index in [-0.39, 0.29) is 12.0 Å². The second kappa shape index (κ2) is 5.40. The molecule has 0 aliphatic carbocycles. The Morgan fingerprint density at radius 1 is 1.32 bits per heavy atom. The normalized spacial score (nSPS) is 12.9. The molecule has 1 aromatic heterocycles. The molecule has 102 valence electrons. The van der Waals surface area contributed by atoms with E-state index in [0.29, 0.717) is 17.4 Å². The van der Waals surface area contributed by atoms with Crippen molar-refractivity contribution in [2.75, 3.05) is 12.8 Å². The number of para-hydroxylation sites is 1. The van der Waals surface area contributed by atoms with Crippen LogP contribution in [0.15, 0.2) is 22.7 Å². The standard InChI is InChI=1S/C14H19N3O2/c1-8(2)12(18-4)13-16-14(19-17-13)10-7-5-6-9(3)11(10)15/h5-8,12H,15H2,1-4H3. The number of aromatic nitrogens is 2. The van der Waals surface area contributed by atoms with Gasteiger partial charge in [0.05, 0.1) is 5.56 Å². The maximum absolute atomic E-state index is 6.03. The predicted octanol–water partition coefficient (Wildman–Crippen LogP) is 2.97. The van der Waals surface area contributed by atoms with E-state index in [1.165, 1.54) is 0 Å². The van der Waals surface area contributed by atoms with Gasteiger partial charge in [-0.2, -0.15) is 4.98 Å². The van der Waals surface area contributed by atoms with Crippen LogP contribution in [0.5, 0.6) is 0 Å². The van der Waals surface area contributed by atoms with E-state index in [1.54, 1.807) is 7.11 Å². The van der Waals surface area contributed by atoms with Gasteiger partial charge in [-0.15, -0.1) is 0 Å². The number of nitrogens with zero attached hydrogens (tertiary/aromatic N) is 2. The van der Waals surface area contributed by atoms with Gasteiger partial charge < -0.3 is 15.0 Å². The Balaban J connectivity index is 2.38.